The highest BCUT2D eigenvalue weighted by atomic mass is 35.5. The van der Waals surface area contributed by atoms with E-state index >= 15 is 0 Å². The van der Waals surface area contributed by atoms with Gasteiger partial charge in [-0.25, -0.2) is 5.43 Å². The van der Waals surface area contributed by atoms with Gasteiger partial charge in [-0.15, -0.1) is 11.3 Å². The van der Waals surface area contributed by atoms with E-state index in [1.165, 1.54) is 11.3 Å². The second kappa shape index (κ2) is 5.97. The fourth-order valence-corrected chi connectivity index (χ4v) is 4.00. The van der Waals surface area contributed by atoms with Crippen LogP contribution in [0.15, 0.2) is 40.1 Å². The van der Waals surface area contributed by atoms with E-state index in [9.17, 15) is 4.79 Å². The maximum absolute atomic E-state index is 12.2. The van der Waals surface area contributed by atoms with Crippen LogP contribution in [-0.4, -0.2) is 12.1 Å². The number of nitrogens with one attached hydrogen (secondary N) is 1. The number of hydrogen-bond acceptors (Lipinski definition) is 4. The first kappa shape index (κ1) is 14.3. The maximum atomic E-state index is 12.2. The van der Waals surface area contributed by atoms with Crippen molar-refractivity contribution in [1.82, 2.24) is 5.43 Å². The van der Waals surface area contributed by atoms with Gasteiger partial charge in [-0.3, -0.25) is 4.79 Å². The minimum atomic E-state index is -0.287. The number of aryl methyl sites for hydroxylation is 1. The van der Waals surface area contributed by atoms with Crippen LogP contribution in [0.2, 0.25) is 5.02 Å². The molecule has 0 aliphatic rings. The number of carbonyl (C=O) groups excluding carboxylic acids is 1. The van der Waals surface area contributed by atoms with Crippen molar-refractivity contribution in [2.45, 2.75) is 6.92 Å². The zero-order valence-electron chi connectivity index (χ0n) is 11.1. The van der Waals surface area contributed by atoms with Crippen molar-refractivity contribution in [3.8, 4) is 0 Å². The lowest BCUT2D eigenvalue weighted by Gasteiger charge is -1.96. The summed E-state index contributed by atoms with van der Waals surface area (Å²) in [5.41, 5.74) is 4.61. The quantitative estimate of drug-likeness (QED) is 0.548. The van der Waals surface area contributed by atoms with Crippen molar-refractivity contribution >= 4 is 56.5 Å². The van der Waals surface area contributed by atoms with Crippen molar-refractivity contribution < 1.29 is 4.79 Å². The van der Waals surface area contributed by atoms with E-state index in [0.29, 0.717) is 9.90 Å². The van der Waals surface area contributed by atoms with Gasteiger partial charge in [0, 0.05) is 15.6 Å². The lowest BCUT2D eigenvalue weighted by molar-refractivity contribution is 0.0959. The topological polar surface area (TPSA) is 41.5 Å². The van der Waals surface area contributed by atoms with Gasteiger partial charge in [-0.05, 0) is 35.4 Å². The number of hydrazone groups is 1. The molecule has 1 N–H and O–H groups in total. The normalized spacial score (nSPS) is 11.3. The molecular weight excluding hydrogens is 324 g/mol. The van der Waals surface area contributed by atoms with Gasteiger partial charge in [0.1, 0.15) is 4.88 Å². The molecule has 0 atom stereocenters. The van der Waals surface area contributed by atoms with E-state index in [1.807, 2.05) is 41.9 Å². The highest BCUT2D eigenvalue weighted by Crippen LogP contribution is 2.35. The molecule has 0 unspecified atom stereocenters. The number of rotatable bonds is 3. The maximum Gasteiger partial charge on any atom is 0.283 e. The van der Waals surface area contributed by atoms with Crippen LogP contribution in [0.25, 0.3) is 10.1 Å². The number of benzene rings is 1. The van der Waals surface area contributed by atoms with Crippen molar-refractivity contribution in [2.75, 3.05) is 0 Å². The Morgan fingerprint density at radius 3 is 3.00 bits per heavy atom. The molecule has 0 fully saturated rings. The summed E-state index contributed by atoms with van der Waals surface area (Å²) in [5.74, 6) is -0.287. The fourth-order valence-electron chi connectivity index (χ4n) is 1.88. The third kappa shape index (κ3) is 3.00. The molecule has 3 aromatic rings. The summed E-state index contributed by atoms with van der Waals surface area (Å²) >= 11 is 9.24. The lowest BCUT2D eigenvalue weighted by atomic mass is 10.2. The van der Waals surface area contributed by atoms with E-state index in [1.54, 1.807) is 17.6 Å². The number of nitrogens with zero attached hydrogens (tertiary/aromatic N) is 1. The van der Waals surface area contributed by atoms with Crippen LogP contribution in [0.1, 0.15) is 20.8 Å². The summed E-state index contributed by atoms with van der Waals surface area (Å²) in [7, 11) is 0. The van der Waals surface area contributed by atoms with Gasteiger partial charge in [-0.2, -0.15) is 16.4 Å². The molecule has 2 aromatic heterocycles. The minimum Gasteiger partial charge on any atom is -0.266 e. The standard InChI is InChI=1S/C15H11ClN2OS2/c1-9-2-3-11-12(6-9)21-14(13(11)16)15(19)18-17-7-10-4-5-20-8-10/h2-8H,1H3,(H,18,19)/b17-7-. The summed E-state index contributed by atoms with van der Waals surface area (Å²) in [6, 6.07) is 7.87. The molecule has 0 aliphatic heterocycles. The predicted molar refractivity (Wildman–Crippen MR) is 91.0 cm³/mol. The zero-order chi connectivity index (χ0) is 14.8. The molecule has 21 heavy (non-hydrogen) atoms. The molecule has 3 rings (SSSR count). The van der Waals surface area contributed by atoms with Gasteiger partial charge in [0.05, 0.1) is 11.2 Å². The lowest BCUT2D eigenvalue weighted by Crippen LogP contribution is -2.16. The van der Waals surface area contributed by atoms with Crippen LogP contribution in [0.3, 0.4) is 0 Å². The number of thiophene rings is 2. The van der Waals surface area contributed by atoms with E-state index in [0.717, 1.165) is 21.2 Å². The molecule has 1 aromatic carbocycles. The second-order valence-electron chi connectivity index (χ2n) is 4.50. The molecule has 1 amide bonds. The minimum absolute atomic E-state index is 0.287. The van der Waals surface area contributed by atoms with Crippen LogP contribution in [0, 0.1) is 6.92 Å². The van der Waals surface area contributed by atoms with Crippen molar-refractivity contribution in [3.63, 3.8) is 0 Å². The largest absolute Gasteiger partial charge is 0.283 e. The smallest absolute Gasteiger partial charge is 0.266 e. The van der Waals surface area contributed by atoms with E-state index in [-0.39, 0.29) is 5.91 Å². The summed E-state index contributed by atoms with van der Waals surface area (Å²) < 4.78 is 1.01. The first-order valence-electron chi connectivity index (χ1n) is 6.19. The Bertz CT molecular complexity index is 822. The van der Waals surface area contributed by atoms with Gasteiger partial charge >= 0.3 is 0 Å². The fraction of sp³-hybridized carbons (Fsp3) is 0.0667. The van der Waals surface area contributed by atoms with Crippen LogP contribution in [0.4, 0.5) is 0 Å². The summed E-state index contributed by atoms with van der Waals surface area (Å²) in [6.07, 6.45) is 1.61. The molecular formula is C15H11ClN2OS2. The highest BCUT2D eigenvalue weighted by molar-refractivity contribution is 7.21. The monoisotopic (exact) mass is 334 g/mol. The number of carbonyl (C=O) groups is 1. The molecule has 0 spiro atoms. The Morgan fingerprint density at radius 2 is 2.24 bits per heavy atom. The molecule has 106 valence electrons. The number of fused-ring (bicyclic) bond motifs is 1. The Morgan fingerprint density at radius 1 is 1.38 bits per heavy atom. The van der Waals surface area contributed by atoms with Gasteiger partial charge < -0.3 is 0 Å². The van der Waals surface area contributed by atoms with Crippen LogP contribution < -0.4 is 5.43 Å². The molecule has 6 heteroatoms. The number of halogens is 1. The molecule has 0 saturated heterocycles. The molecule has 0 aliphatic carbocycles. The Balaban J connectivity index is 1.83. The Hall–Kier alpha value is -1.69. The summed E-state index contributed by atoms with van der Waals surface area (Å²) in [5, 5.41) is 9.24. The van der Waals surface area contributed by atoms with E-state index < -0.39 is 0 Å². The van der Waals surface area contributed by atoms with Crippen LogP contribution in [0.5, 0.6) is 0 Å². The molecule has 0 radical (unpaired) electrons. The second-order valence-corrected chi connectivity index (χ2v) is 6.71. The van der Waals surface area contributed by atoms with Gasteiger partial charge in [0.15, 0.2) is 0 Å². The average molecular weight is 335 g/mol. The highest BCUT2D eigenvalue weighted by Gasteiger charge is 2.16. The van der Waals surface area contributed by atoms with E-state index in [4.69, 9.17) is 11.6 Å². The first-order valence-corrected chi connectivity index (χ1v) is 8.33. The molecule has 2 heterocycles. The predicted octanol–water partition coefficient (Wildman–Crippen LogP) is 4.69. The molecule has 0 bridgehead atoms. The summed E-state index contributed by atoms with van der Waals surface area (Å²) in [6.45, 7) is 2.01. The van der Waals surface area contributed by atoms with Gasteiger partial charge in [-0.1, -0.05) is 23.7 Å². The number of hydrogen-bond donors (Lipinski definition) is 1. The Kier molecular flexibility index (Phi) is 4.05. The van der Waals surface area contributed by atoms with Gasteiger partial charge in [0.2, 0.25) is 0 Å². The molecule has 0 saturated carbocycles. The summed E-state index contributed by atoms with van der Waals surface area (Å²) in [4.78, 5) is 12.6. The SMILES string of the molecule is Cc1ccc2c(Cl)c(C(=O)N/N=C\c3ccsc3)sc2c1. The molecule has 3 nitrogen and oxygen atoms in total. The van der Waals surface area contributed by atoms with Gasteiger partial charge in [0.25, 0.3) is 5.91 Å². The van der Waals surface area contributed by atoms with Crippen molar-refractivity contribution in [2.24, 2.45) is 5.10 Å². The van der Waals surface area contributed by atoms with E-state index in [2.05, 4.69) is 10.5 Å². The zero-order valence-corrected chi connectivity index (χ0v) is 13.5. The van der Waals surface area contributed by atoms with Crippen LogP contribution in [-0.2, 0) is 0 Å². The van der Waals surface area contributed by atoms with Crippen molar-refractivity contribution in [1.29, 1.82) is 0 Å². The number of amides is 1. The van der Waals surface area contributed by atoms with Crippen molar-refractivity contribution in [3.05, 3.63) is 56.1 Å². The average Bonchev–Trinajstić information content (AvgIpc) is 3.07. The third-order valence-electron chi connectivity index (χ3n) is 2.91. The van der Waals surface area contributed by atoms with Crippen LogP contribution >= 0.6 is 34.3 Å². The Labute approximate surface area is 134 Å². The first-order chi connectivity index (χ1) is 10.1. The third-order valence-corrected chi connectivity index (χ3v) is 5.27.